The third-order valence-electron chi connectivity index (χ3n) is 1.95. The van der Waals surface area contributed by atoms with Crippen LogP contribution in [0.2, 0.25) is 10.0 Å². The van der Waals surface area contributed by atoms with Gasteiger partial charge in [-0.15, -0.1) is 0 Å². The van der Waals surface area contributed by atoms with Gasteiger partial charge in [-0.2, -0.15) is 0 Å². The summed E-state index contributed by atoms with van der Waals surface area (Å²) in [6.07, 6.45) is 2.94. The lowest BCUT2D eigenvalue weighted by Gasteiger charge is -2.04. The number of amides is 1. The molecule has 0 saturated carbocycles. The van der Waals surface area contributed by atoms with Gasteiger partial charge in [-0.1, -0.05) is 23.2 Å². The van der Waals surface area contributed by atoms with Crippen LogP contribution in [0.15, 0.2) is 36.7 Å². The van der Waals surface area contributed by atoms with Crippen molar-refractivity contribution >= 4 is 34.9 Å². The first-order valence-electron chi connectivity index (χ1n) is 4.70. The van der Waals surface area contributed by atoms with Gasteiger partial charge in [-0.3, -0.25) is 4.79 Å². The molecule has 0 saturated heterocycles. The zero-order valence-electron chi connectivity index (χ0n) is 8.52. The van der Waals surface area contributed by atoms with E-state index in [9.17, 15) is 4.79 Å². The van der Waals surface area contributed by atoms with Gasteiger partial charge >= 0.3 is 0 Å². The molecule has 0 aliphatic heterocycles. The fourth-order valence-corrected chi connectivity index (χ4v) is 1.44. The summed E-state index contributed by atoms with van der Waals surface area (Å²) in [6, 6.07) is 6.43. The number of halogens is 2. The lowest BCUT2D eigenvalue weighted by atomic mass is 10.3. The Labute approximate surface area is 108 Å². The van der Waals surface area contributed by atoms with Crippen LogP contribution in [0.25, 0.3) is 0 Å². The molecule has 0 spiro atoms. The first-order valence-corrected chi connectivity index (χ1v) is 5.46. The summed E-state index contributed by atoms with van der Waals surface area (Å²) in [7, 11) is 0. The van der Waals surface area contributed by atoms with Crippen LogP contribution in [0.5, 0.6) is 0 Å². The number of anilines is 1. The molecule has 2 rings (SSSR count). The Balaban J connectivity index is 2.17. The molecular formula is C11H7Cl2N3O. The van der Waals surface area contributed by atoms with Crippen molar-refractivity contribution in [1.82, 2.24) is 9.97 Å². The molecule has 17 heavy (non-hydrogen) atoms. The number of nitrogens with one attached hydrogen (secondary N) is 1. The maximum atomic E-state index is 11.8. The average Bonchev–Trinajstić information content (AvgIpc) is 2.33. The molecule has 0 unspecified atom stereocenters. The van der Waals surface area contributed by atoms with Crippen molar-refractivity contribution < 1.29 is 4.79 Å². The maximum absolute atomic E-state index is 11.8. The van der Waals surface area contributed by atoms with Gasteiger partial charge in [-0.25, -0.2) is 9.97 Å². The van der Waals surface area contributed by atoms with Crippen LogP contribution in [0.3, 0.4) is 0 Å². The normalized spacial score (nSPS) is 10.0. The molecule has 0 aromatic carbocycles. The van der Waals surface area contributed by atoms with Crippen LogP contribution in [0.4, 0.5) is 5.82 Å². The molecule has 4 nitrogen and oxygen atoms in total. The Kier molecular flexibility index (Phi) is 3.56. The first kappa shape index (κ1) is 11.8. The summed E-state index contributed by atoms with van der Waals surface area (Å²) < 4.78 is 0. The third-order valence-corrected chi connectivity index (χ3v) is 2.48. The van der Waals surface area contributed by atoms with Crippen LogP contribution < -0.4 is 5.32 Å². The lowest BCUT2D eigenvalue weighted by Crippen LogP contribution is -2.14. The molecule has 1 N–H and O–H groups in total. The number of pyridine rings is 2. The van der Waals surface area contributed by atoms with Gasteiger partial charge in [-0.05, 0) is 24.3 Å². The monoisotopic (exact) mass is 267 g/mol. The minimum atomic E-state index is -0.387. The van der Waals surface area contributed by atoms with E-state index in [4.69, 9.17) is 23.2 Å². The van der Waals surface area contributed by atoms with E-state index in [1.54, 1.807) is 18.2 Å². The number of carbonyl (C=O) groups is 1. The van der Waals surface area contributed by atoms with Gasteiger partial charge in [0, 0.05) is 12.4 Å². The van der Waals surface area contributed by atoms with Gasteiger partial charge < -0.3 is 5.32 Å². The minimum Gasteiger partial charge on any atom is -0.304 e. The van der Waals surface area contributed by atoms with E-state index in [2.05, 4.69) is 15.3 Å². The Hall–Kier alpha value is -1.65. The van der Waals surface area contributed by atoms with Crippen LogP contribution in [0.1, 0.15) is 10.5 Å². The number of rotatable bonds is 2. The smallest absolute Gasteiger partial charge is 0.275 e. The van der Waals surface area contributed by atoms with Crippen molar-refractivity contribution in [2.45, 2.75) is 0 Å². The second-order valence-corrected chi connectivity index (χ2v) is 3.99. The summed E-state index contributed by atoms with van der Waals surface area (Å²) in [5.41, 5.74) is 0.246. The summed E-state index contributed by atoms with van der Waals surface area (Å²) >= 11 is 11.5. The van der Waals surface area contributed by atoms with Gasteiger partial charge in [0.1, 0.15) is 5.69 Å². The molecule has 2 aromatic rings. The number of hydrogen-bond acceptors (Lipinski definition) is 3. The van der Waals surface area contributed by atoms with Gasteiger partial charge in [0.2, 0.25) is 0 Å². The van der Waals surface area contributed by atoms with E-state index >= 15 is 0 Å². The van der Waals surface area contributed by atoms with E-state index in [0.29, 0.717) is 15.9 Å². The highest BCUT2D eigenvalue weighted by Crippen LogP contribution is 2.18. The zero-order chi connectivity index (χ0) is 12.3. The average molecular weight is 268 g/mol. The standard InChI is InChI=1S/C11H7Cl2N3O/c12-7-3-4-9(15-6-7)11(17)16-10-8(13)2-1-5-14-10/h1-6H,(H,14,16,17). The molecule has 2 aromatic heterocycles. The predicted molar refractivity (Wildman–Crippen MR) is 66.4 cm³/mol. The highest BCUT2D eigenvalue weighted by Gasteiger charge is 2.09. The van der Waals surface area contributed by atoms with Crippen molar-refractivity contribution in [3.63, 3.8) is 0 Å². The Bertz CT molecular complexity index is 543. The van der Waals surface area contributed by atoms with Gasteiger partial charge in [0.25, 0.3) is 5.91 Å². The molecule has 0 bridgehead atoms. The number of carbonyl (C=O) groups excluding carboxylic acids is 1. The second-order valence-electron chi connectivity index (χ2n) is 3.15. The van der Waals surface area contributed by atoms with Crippen molar-refractivity contribution in [2.75, 3.05) is 5.32 Å². The van der Waals surface area contributed by atoms with Crippen LogP contribution >= 0.6 is 23.2 Å². The number of aromatic nitrogens is 2. The van der Waals surface area contributed by atoms with Crippen LogP contribution in [-0.2, 0) is 0 Å². The van der Waals surface area contributed by atoms with E-state index < -0.39 is 0 Å². The quantitative estimate of drug-likeness (QED) is 0.910. The van der Waals surface area contributed by atoms with Crippen molar-refractivity contribution in [1.29, 1.82) is 0 Å². The molecule has 2 heterocycles. The van der Waals surface area contributed by atoms with Crippen LogP contribution in [0, 0.1) is 0 Å². The number of nitrogens with zero attached hydrogens (tertiary/aromatic N) is 2. The van der Waals surface area contributed by atoms with E-state index in [1.165, 1.54) is 18.5 Å². The molecule has 0 radical (unpaired) electrons. The minimum absolute atomic E-state index is 0.246. The molecule has 1 amide bonds. The second kappa shape index (κ2) is 5.12. The molecule has 0 fully saturated rings. The van der Waals surface area contributed by atoms with Crippen molar-refractivity contribution in [3.8, 4) is 0 Å². The predicted octanol–water partition coefficient (Wildman–Crippen LogP) is 3.04. The summed E-state index contributed by atoms with van der Waals surface area (Å²) in [5.74, 6) is -0.0850. The number of hydrogen-bond donors (Lipinski definition) is 1. The highest BCUT2D eigenvalue weighted by atomic mass is 35.5. The first-order chi connectivity index (χ1) is 8.16. The van der Waals surface area contributed by atoms with E-state index in [0.717, 1.165) is 0 Å². The zero-order valence-corrected chi connectivity index (χ0v) is 10.0. The van der Waals surface area contributed by atoms with Crippen molar-refractivity contribution in [3.05, 3.63) is 52.4 Å². The fraction of sp³-hybridized carbons (Fsp3) is 0. The summed E-state index contributed by atoms with van der Waals surface area (Å²) in [5, 5.41) is 3.40. The van der Waals surface area contributed by atoms with Gasteiger partial charge in [0.05, 0.1) is 10.0 Å². The maximum Gasteiger partial charge on any atom is 0.275 e. The largest absolute Gasteiger partial charge is 0.304 e. The van der Waals surface area contributed by atoms with Crippen LogP contribution in [-0.4, -0.2) is 15.9 Å². The topological polar surface area (TPSA) is 54.9 Å². The van der Waals surface area contributed by atoms with E-state index in [1.807, 2.05) is 0 Å². The van der Waals surface area contributed by atoms with Crippen molar-refractivity contribution in [2.24, 2.45) is 0 Å². The summed E-state index contributed by atoms with van der Waals surface area (Å²) in [4.78, 5) is 19.6. The highest BCUT2D eigenvalue weighted by molar-refractivity contribution is 6.33. The Morgan fingerprint density at radius 1 is 1.18 bits per heavy atom. The Morgan fingerprint density at radius 3 is 2.65 bits per heavy atom. The summed E-state index contributed by atoms with van der Waals surface area (Å²) in [6.45, 7) is 0. The third kappa shape index (κ3) is 2.93. The molecule has 0 atom stereocenters. The molecule has 0 aliphatic carbocycles. The molecule has 6 heteroatoms. The van der Waals surface area contributed by atoms with Gasteiger partial charge in [0.15, 0.2) is 5.82 Å². The molecular weight excluding hydrogens is 261 g/mol. The molecule has 86 valence electrons. The van der Waals surface area contributed by atoms with E-state index in [-0.39, 0.29) is 11.6 Å². The SMILES string of the molecule is O=C(Nc1ncccc1Cl)c1ccc(Cl)cn1. The fourth-order valence-electron chi connectivity index (χ4n) is 1.16. The molecule has 0 aliphatic rings. The Morgan fingerprint density at radius 2 is 2.00 bits per heavy atom. The lowest BCUT2D eigenvalue weighted by molar-refractivity contribution is 0.102.